The molecule has 0 saturated heterocycles. The zero-order chi connectivity index (χ0) is 9.90. The first-order valence-corrected chi connectivity index (χ1v) is 5.13. The van der Waals surface area contributed by atoms with Gasteiger partial charge in [0.05, 0.1) is 12.6 Å². The molecule has 1 aliphatic rings. The van der Waals surface area contributed by atoms with E-state index in [9.17, 15) is 0 Å². The molecule has 0 aromatic heterocycles. The van der Waals surface area contributed by atoms with Crippen LogP contribution in [0.4, 0.5) is 0 Å². The van der Waals surface area contributed by atoms with Crippen LogP contribution >= 0.6 is 0 Å². The highest BCUT2D eigenvalue weighted by molar-refractivity contribution is 5.28. The lowest BCUT2D eigenvalue weighted by molar-refractivity contribution is 0.199. The number of nitrogens with one attached hydrogen (secondary N) is 1. The molecule has 0 aromatic rings. The van der Waals surface area contributed by atoms with Crippen molar-refractivity contribution in [3.8, 4) is 0 Å². The van der Waals surface area contributed by atoms with Crippen molar-refractivity contribution in [1.29, 1.82) is 0 Å². The van der Waals surface area contributed by atoms with E-state index in [0.717, 1.165) is 6.42 Å². The summed E-state index contributed by atoms with van der Waals surface area (Å²) in [4.78, 5) is 0. The van der Waals surface area contributed by atoms with Crippen LogP contribution < -0.4 is 5.32 Å². The molecule has 0 aliphatic heterocycles. The lowest BCUT2D eigenvalue weighted by Crippen LogP contribution is -2.42. The van der Waals surface area contributed by atoms with Crippen molar-refractivity contribution in [3.63, 3.8) is 0 Å². The number of hydrogen-bond donors (Lipinski definition) is 1. The van der Waals surface area contributed by atoms with Crippen molar-refractivity contribution in [2.75, 3.05) is 14.2 Å². The van der Waals surface area contributed by atoms with E-state index in [1.807, 2.05) is 7.05 Å². The summed E-state index contributed by atoms with van der Waals surface area (Å²) in [6, 6.07) is 0. The molecule has 1 rings (SSSR count). The molecule has 1 atom stereocenters. The Hall–Kier alpha value is -0.500. The fourth-order valence-corrected chi connectivity index (χ4v) is 1.90. The summed E-state index contributed by atoms with van der Waals surface area (Å²) in [5.74, 6) is 1.18. The molecule has 13 heavy (non-hydrogen) atoms. The van der Waals surface area contributed by atoms with Crippen molar-refractivity contribution < 1.29 is 4.74 Å². The lowest BCUT2D eigenvalue weighted by Gasteiger charge is -2.30. The van der Waals surface area contributed by atoms with Gasteiger partial charge in [0.2, 0.25) is 0 Å². The quantitative estimate of drug-likeness (QED) is 0.661. The van der Waals surface area contributed by atoms with E-state index in [1.165, 1.54) is 30.6 Å². The summed E-state index contributed by atoms with van der Waals surface area (Å²) < 4.78 is 5.50. The Morgan fingerprint density at radius 3 is 2.46 bits per heavy atom. The van der Waals surface area contributed by atoms with Crippen LogP contribution in [0.15, 0.2) is 11.3 Å². The molecule has 2 heteroatoms. The van der Waals surface area contributed by atoms with Gasteiger partial charge < -0.3 is 10.1 Å². The average Bonchev–Trinajstić information content (AvgIpc) is 2.90. The number of methoxy groups -OCH3 is 1. The van der Waals surface area contributed by atoms with Crippen LogP contribution in [0.5, 0.6) is 0 Å². The molecule has 0 amide bonds. The second-order valence-corrected chi connectivity index (χ2v) is 3.97. The highest BCUT2D eigenvalue weighted by Gasteiger charge is 2.33. The van der Waals surface area contributed by atoms with Gasteiger partial charge in [0, 0.05) is 0 Å². The van der Waals surface area contributed by atoms with Gasteiger partial charge in [-0.1, -0.05) is 13.3 Å². The maximum atomic E-state index is 5.50. The van der Waals surface area contributed by atoms with Crippen LogP contribution in [0, 0.1) is 0 Å². The Balaban J connectivity index is 2.79. The Bertz CT molecular complexity index is 204. The molecule has 1 aliphatic carbocycles. The molecule has 76 valence electrons. The van der Waals surface area contributed by atoms with E-state index < -0.39 is 0 Å². The fourth-order valence-electron chi connectivity index (χ4n) is 1.90. The smallest absolute Gasteiger partial charge is 0.114 e. The minimum atomic E-state index is 0.0509. The molecular weight excluding hydrogens is 162 g/mol. The predicted octanol–water partition coefficient (Wildman–Crippen LogP) is 2.46. The molecule has 0 aromatic carbocycles. The number of hydrogen-bond acceptors (Lipinski definition) is 2. The van der Waals surface area contributed by atoms with E-state index in [2.05, 4.69) is 19.2 Å². The van der Waals surface area contributed by atoms with E-state index in [4.69, 9.17) is 4.74 Å². The van der Waals surface area contributed by atoms with Crippen molar-refractivity contribution in [2.45, 2.75) is 45.1 Å². The third kappa shape index (κ3) is 2.25. The second-order valence-electron chi connectivity index (χ2n) is 3.97. The van der Waals surface area contributed by atoms with Gasteiger partial charge in [-0.3, -0.25) is 0 Å². The van der Waals surface area contributed by atoms with Crippen molar-refractivity contribution in [3.05, 3.63) is 11.3 Å². The third-order valence-corrected chi connectivity index (χ3v) is 2.83. The van der Waals surface area contributed by atoms with Gasteiger partial charge in [0.15, 0.2) is 0 Å². The molecule has 1 fully saturated rings. The molecule has 1 saturated carbocycles. The maximum Gasteiger partial charge on any atom is 0.114 e. The molecule has 1 N–H and O–H groups in total. The molecular formula is C11H21NO. The summed E-state index contributed by atoms with van der Waals surface area (Å²) in [5, 5.41) is 3.37. The first-order chi connectivity index (χ1) is 6.18. The normalized spacial score (nSPS) is 19.5. The third-order valence-electron chi connectivity index (χ3n) is 2.83. The van der Waals surface area contributed by atoms with E-state index in [1.54, 1.807) is 7.11 Å². The van der Waals surface area contributed by atoms with E-state index >= 15 is 0 Å². The van der Waals surface area contributed by atoms with Crippen LogP contribution in [0.2, 0.25) is 0 Å². The van der Waals surface area contributed by atoms with Gasteiger partial charge in [-0.25, -0.2) is 0 Å². The summed E-state index contributed by atoms with van der Waals surface area (Å²) >= 11 is 0. The van der Waals surface area contributed by atoms with Crippen LogP contribution in [-0.4, -0.2) is 19.7 Å². The van der Waals surface area contributed by atoms with Gasteiger partial charge in [-0.2, -0.15) is 0 Å². The molecule has 1 unspecified atom stereocenters. The Morgan fingerprint density at radius 2 is 2.15 bits per heavy atom. The summed E-state index contributed by atoms with van der Waals surface area (Å²) in [6.07, 6.45) is 4.77. The molecule has 0 spiro atoms. The highest BCUT2D eigenvalue weighted by atomic mass is 16.5. The second kappa shape index (κ2) is 4.14. The topological polar surface area (TPSA) is 21.3 Å². The number of likely N-dealkylation sites (N-methyl/N-ethyl adjacent to an activating group) is 1. The minimum absolute atomic E-state index is 0.0509. The van der Waals surface area contributed by atoms with Gasteiger partial charge in [-0.05, 0) is 38.8 Å². The summed E-state index contributed by atoms with van der Waals surface area (Å²) in [5.41, 5.74) is 1.54. The fraction of sp³-hybridized carbons (Fsp3) is 0.818. The zero-order valence-corrected chi connectivity index (χ0v) is 9.24. The van der Waals surface area contributed by atoms with Crippen LogP contribution in [0.3, 0.4) is 0 Å². The van der Waals surface area contributed by atoms with Crippen LogP contribution in [0.1, 0.15) is 39.5 Å². The van der Waals surface area contributed by atoms with Crippen molar-refractivity contribution >= 4 is 0 Å². The Morgan fingerprint density at radius 1 is 1.54 bits per heavy atom. The largest absolute Gasteiger partial charge is 0.499 e. The molecule has 0 heterocycles. The molecule has 0 radical (unpaired) electrons. The van der Waals surface area contributed by atoms with Gasteiger partial charge in [0.1, 0.15) is 5.76 Å². The van der Waals surface area contributed by atoms with Crippen LogP contribution in [0.25, 0.3) is 0 Å². The number of rotatable bonds is 5. The monoisotopic (exact) mass is 183 g/mol. The highest BCUT2D eigenvalue weighted by Crippen LogP contribution is 2.38. The standard InChI is InChI=1S/C11H21NO/c1-5-8-11(2,12-3)10(13-4)9-6-7-9/h12H,5-8H2,1-4H3. The van der Waals surface area contributed by atoms with Crippen molar-refractivity contribution in [2.24, 2.45) is 0 Å². The predicted molar refractivity (Wildman–Crippen MR) is 55.6 cm³/mol. The van der Waals surface area contributed by atoms with Gasteiger partial charge in [0.25, 0.3) is 0 Å². The van der Waals surface area contributed by atoms with Gasteiger partial charge in [-0.15, -0.1) is 0 Å². The number of allylic oxidation sites excluding steroid dienone is 1. The van der Waals surface area contributed by atoms with Crippen molar-refractivity contribution in [1.82, 2.24) is 5.32 Å². The Kier molecular flexibility index (Phi) is 3.37. The first kappa shape index (κ1) is 10.6. The first-order valence-electron chi connectivity index (χ1n) is 5.13. The SMILES string of the molecule is CCCC(C)(NC)C(OC)=C1CC1. The van der Waals surface area contributed by atoms with Gasteiger partial charge >= 0.3 is 0 Å². The lowest BCUT2D eigenvalue weighted by atomic mass is 9.93. The summed E-state index contributed by atoms with van der Waals surface area (Å²) in [7, 11) is 3.80. The molecule has 2 nitrogen and oxygen atoms in total. The number of ether oxygens (including phenoxy) is 1. The maximum absolute atomic E-state index is 5.50. The van der Waals surface area contributed by atoms with E-state index in [-0.39, 0.29) is 5.54 Å². The Labute approximate surface area is 81.4 Å². The summed E-state index contributed by atoms with van der Waals surface area (Å²) in [6.45, 7) is 4.43. The van der Waals surface area contributed by atoms with E-state index in [0.29, 0.717) is 0 Å². The minimum Gasteiger partial charge on any atom is -0.499 e. The zero-order valence-electron chi connectivity index (χ0n) is 9.24. The average molecular weight is 183 g/mol. The van der Waals surface area contributed by atoms with Crippen LogP contribution in [-0.2, 0) is 4.74 Å². The molecule has 0 bridgehead atoms.